The minimum absolute atomic E-state index is 0.180. The molecule has 2 aromatic carbocycles. The van der Waals surface area contributed by atoms with Crippen LogP contribution in [0.25, 0.3) is 22.1 Å². The highest BCUT2D eigenvalue weighted by atomic mass is 16.5. The molecule has 0 aliphatic rings. The predicted octanol–water partition coefficient (Wildman–Crippen LogP) is 3.71. The van der Waals surface area contributed by atoms with Crippen LogP contribution in [-0.4, -0.2) is 23.8 Å². The van der Waals surface area contributed by atoms with E-state index in [-0.39, 0.29) is 5.43 Å². The molecule has 134 valence electrons. The fraction of sp³-hybridized carbons (Fsp3) is 0.200. The summed E-state index contributed by atoms with van der Waals surface area (Å²) in [6, 6.07) is 11.7. The third-order valence-corrected chi connectivity index (χ3v) is 4.04. The van der Waals surface area contributed by atoms with Gasteiger partial charge >= 0.3 is 5.97 Å². The highest BCUT2D eigenvalue weighted by molar-refractivity contribution is 5.83. The molecule has 0 bridgehead atoms. The van der Waals surface area contributed by atoms with Gasteiger partial charge in [-0.15, -0.1) is 0 Å². The van der Waals surface area contributed by atoms with Crippen LogP contribution in [0.3, 0.4) is 0 Å². The Hall–Kier alpha value is -3.28. The van der Waals surface area contributed by atoms with Gasteiger partial charge in [-0.3, -0.25) is 4.79 Å². The molecule has 6 nitrogen and oxygen atoms in total. The number of aliphatic carboxylic acids is 1. The first-order chi connectivity index (χ1) is 12.3. The minimum atomic E-state index is -1.39. The van der Waals surface area contributed by atoms with E-state index in [1.54, 1.807) is 43.5 Å². The normalized spacial score (nSPS) is 11.3. The van der Waals surface area contributed by atoms with Crippen molar-refractivity contribution in [3.8, 4) is 22.6 Å². The topological polar surface area (TPSA) is 86.0 Å². The van der Waals surface area contributed by atoms with Gasteiger partial charge in [0, 0.05) is 6.07 Å². The first kappa shape index (κ1) is 17.5. The van der Waals surface area contributed by atoms with E-state index in [1.807, 2.05) is 0 Å². The van der Waals surface area contributed by atoms with Gasteiger partial charge in [-0.2, -0.15) is 0 Å². The number of hydrogen-bond donors (Lipinski definition) is 1. The number of carboxylic acids is 1. The summed E-state index contributed by atoms with van der Waals surface area (Å²) < 4.78 is 16.2. The molecule has 0 aliphatic heterocycles. The van der Waals surface area contributed by atoms with E-state index < -0.39 is 11.6 Å². The molecule has 1 aromatic heterocycles. The lowest BCUT2D eigenvalue weighted by atomic mass is 10.1. The third kappa shape index (κ3) is 3.26. The first-order valence-corrected chi connectivity index (χ1v) is 7.94. The van der Waals surface area contributed by atoms with Crippen molar-refractivity contribution in [2.75, 3.05) is 7.11 Å². The zero-order valence-corrected chi connectivity index (χ0v) is 14.6. The number of hydrogen-bond acceptors (Lipinski definition) is 5. The molecule has 0 atom stereocenters. The summed E-state index contributed by atoms with van der Waals surface area (Å²) in [5.41, 5.74) is -0.100. The van der Waals surface area contributed by atoms with Crippen LogP contribution in [0.1, 0.15) is 13.8 Å². The molecule has 1 N–H and O–H groups in total. The monoisotopic (exact) mass is 354 g/mol. The Kier molecular flexibility index (Phi) is 4.42. The van der Waals surface area contributed by atoms with E-state index in [0.29, 0.717) is 33.6 Å². The van der Waals surface area contributed by atoms with E-state index >= 15 is 0 Å². The van der Waals surface area contributed by atoms with Crippen molar-refractivity contribution in [2.24, 2.45) is 0 Å². The Labute approximate surface area is 149 Å². The van der Waals surface area contributed by atoms with Gasteiger partial charge < -0.3 is 19.0 Å². The molecule has 3 aromatic rings. The zero-order valence-electron chi connectivity index (χ0n) is 14.6. The van der Waals surface area contributed by atoms with Crippen LogP contribution < -0.4 is 14.9 Å². The van der Waals surface area contributed by atoms with E-state index in [0.717, 1.165) is 0 Å². The molecule has 3 rings (SSSR count). The number of carboxylic acid groups (broad SMARTS) is 1. The van der Waals surface area contributed by atoms with Gasteiger partial charge in [0.25, 0.3) is 0 Å². The maximum absolute atomic E-state index is 12.8. The van der Waals surface area contributed by atoms with Crippen LogP contribution in [-0.2, 0) is 4.79 Å². The molecular weight excluding hydrogens is 336 g/mol. The summed E-state index contributed by atoms with van der Waals surface area (Å²) in [5, 5.41) is 9.54. The molecule has 0 saturated heterocycles. The highest BCUT2D eigenvalue weighted by Crippen LogP contribution is 2.26. The quantitative estimate of drug-likeness (QED) is 0.752. The van der Waals surface area contributed by atoms with E-state index in [2.05, 4.69) is 0 Å². The first-order valence-electron chi connectivity index (χ1n) is 7.94. The lowest BCUT2D eigenvalue weighted by Crippen LogP contribution is -2.37. The molecule has 0 fully saturated rings. The summed E-state index contributed by atoms with van der Waals surface area (Å²) >= 11 is 0. The molecule has 0 unspecified atom stereocenters. The Morgan fingerprint density at radius 1 is 1.08 bits per heavy atom. The van der Waals surface area contributed by atoms with Crippen molar-refractivity contribution < 1.29 is 23.8 Å². The zero-order chi connectivity index (χ0) is 18.9. The summed E-state index contributed by atoms with van der Waals surface area (Å²) in [4.78, 5) is 23.9. The summed E-state index contributed by atoms with van der Waals surface area (Å²) in [6.07, 6.45) is 1.39. The molecule has 0 radical (unpaired) electrons. The number of carbonyl (C=O) groups is 1. The average molecular weight is 354 g/mol. The SMILES string of the molecule is COc1ccc(-c2coc3cc(OC(C)(C)C(=O)O)ccc3c2=O)cc1. The molecule has 6 heteroatoms. The van der Waals surface area contributed by atoms with Crippen molar-refractivity contribution >= 4 is 16.9 Å². The fourth-order valence-electron chi connectivity index (χ4n) is 2.48. The fourth-order valence-corrected chi connectivity index (χ4v) is 2.48. The van der Waals surface area contributed by atoms with Crippen molar-refractivity contribution in [1.82, 2.24) is 0 Å². The van der Waals surface area contributed by atoms with Crippen LogP contribution in [0, 0.1) is 0 Å². The second kappa shape index (κ2) is 6.55. The van der Waals surface area contributed by atoms with Gasteiger partial charge in [-0.25, -0.2) is 4.79 Å². The lowest BCUT2D eigenvalue weighted by molar-refractivity contribution is -0.152. The smallest absolute Gasteiger partial charge is 0.347 e. The standard InChI is InChI=1S/C20H18O6/c1-20(2,19(22)23)26-14-8-9-15-17(10-14)25-11-16(18(15)21)12-4-6-13(24-3)7-5-12/h4-11H,1-3H3,(H,22,23). The summed E-state index contributed by atoms with van der Waals surface area (Å²) in [7, 11) is 1.57. The number of fused-ring (bicyclic) bond motifs is 1. The van der Waals surface area contributed by atoms with Gasteiger partial charge in [0.15, 0.2) is 11.0 Å². The number of methoxy groups -OCH3 is 1. The van der Waals surface area contributed by atoms with E-state index in [1.165, 1.54) is 26.2 Å². The van der Waals surface area contributed by atoms with Crippen LogP contribution in [0.15, 0.2) is 57.9 Å². The van der Waals surface area contributed by atoms with Gasteiger partial charge in [0.2, 0.25) is 0 Å². The molecule has 26 heavy (non-hydrogen) atoms. The molecule has 0 amide bonds. The van der Waals surface area contributed by atoms with E-state index in [9.17, 15) is 9.59 Å². The lowest BCUT2D eigenvalue weighted by Gasteiger charge is -2.21. The van der Waals surface area contributed by atoms with Gasteiger partial charge in [-0.1, -0.05) is 12.1 Å². The van der Waals surface area contributed by atoms with Crippen molar-refractivity contribution in [3.05, 3.63) is 59.0 Å². The second-order valence-electron chi connectivity index (χ2n) is 6.28. The number of benzene rings is 2. The Balaban J connectivity index is 2.01. The second-order valence-corrected chi connectivity index (χ2v) is 6.28. The molecule has 1 heterocycles. The number of rotatable bonds is 5. The van der Waals surface area contributed by atoms with Gasteiger partial charge in [0.1, 0.15) is 23.3 Å². The van der Waals surface area contributed by atoms with Crippen molar-refractivity contribution in [2.45, 2.75) is 19.4 Å². The molecule has 0 saturated carbocycles. The van der Waals surface area contributed by atoms with Gasteiger partial charge in [0.05, 0.1) is 18.1 Å². The molecule has 0 aliphatic carbocycles. The highest BCUT2D eigenvalue weighted by Gasteiger charge is 2.29. The Morgan fingerprint density at radius 2 is 1.73 bits per heavy atom. The Morgan fingerprint density at radius 3 is 2.35 bits per heavy atom. The van der Waals surface area contributed by atoms with Crippen molar-refractivity contribution in [1.29, 1.82) is 0 Å². The van der Waals surface area contributed by atoms with Crippen LogP contribution >= 0.6 is 0 Å². The van der Waals surface area contributed by atoms with Crippen LogP contribution in [0.2, 0.25) is 0 Å². The predicted molar refractivity (Wildman–Crippen MR) is 96.8 cm³/mol. The number of ether oxygens (including phenoxy) is 2. The Bertz CT molecular complexity index is 1010. The van der Waals surface area contributed by atoms with Crippen LogP contribution in [0.5, 0.6) is 11.5 Å². The van der Waals surface area contributed by atoms with E-state index in [4.69, 9.17) is 19.0 Å². The van der Waals surface area contributed by atoms with Gasteiger partial charge in [-0.05, 0) is 43.7 Å². The maximum Gasteiger partial charge on any atom is 0.347 e. The molecule has 0 spiro atoms. The van der Waals surface area contributed by atoms with Crippen molar-refractivity contribution in [3.63, 3.8) is 0 Å². The van der Waals surface area contributed by atoms with Crippen LogP contribution in [0.4, 0.5) is 0 Å². The summed E-state index contributed by atoms with van der Waals surface area (Å²) in [5.74, 6) is -0.0825. The maximum atomic E-state index is 12.8. The largest absolute Gasteiger partial charge is 0.497 e. The summed E-state index contributed by atoms with van der Waals surface area (Å²) in [6.45, 7) is 2.89. The molecular formula is C20H18O6. The third-order valence-electron chi connectivity index (χ3n) is 4.04. The minimum Gasteiger partial charge on any atom is -0.497 e. The average Bonchev–Trinajstić information content (AvgIpc) is 2.62.